The van der Waals surface area contributed by atoms with Gasteiger partial charge in [-0.3, -0.25) is 9.58 Å². The lowest BCUT2D eigenvalue weighted by atomic mass is 9.97. The number of benzene rings is 1. The Morgan fingerprint density at radius 3 is 2.72 bits per heavy atom. The van der Waals surface area contributed by atoms with Crippen molar-refractivity contribution in [1.82, 2.24) is 14.7 Å². The second-order valence-electron chi connectivity index (χ2n) is 6.44. The van der Waals surface area contributed by atoms with Crippen LogP contribution in [0.15, 0.2) is 36.7 Å². The largest absolute Gasteiger partial charge is 0.416 e. The minimum absolute atomic E-state index is 0.246. The van der Waals surface area contributed by atoms with Crippen molar-refractivity contribution in [3.63, 3.8) is 0 Å². The van der Waals surface area contributed by atoms with Crippen LogP contribution in [0, 0.1) is 0 Å². The highest BCUT2D eigenvalue weighted by Crippen LogP contribution is 2.40. The molecular formula is C18H22F3N3O. The van der Waals surface area contributed by atoms with Crippen molar-refractivity contribution in [2.75, 3.05) is 13.1 Å². The molecule has 1 aliphatic heterocycles. The van der Waals surface area contributed by atoms with Crippen LogP contribution < -0.4 is 0 Å². The first-order chi connectivity index (χ1) is 11.9. The molecule has 1 aromatic heterocycles. The molecule has 0 unspecified atom stereocenters. The molecule has 0 aliphatic carbocycles. The summed E-state index contributed by atoms with van der Waals surface area (Å²) in [6.07, 6.45) is -0.249. The average molecular weight is 353 g/mol. The van der Waals surface area contributed by atoms with Gasteiger partial charge in [0.1, 0.15) is 0 Å². The summed E-state index contributed by atoms with van der Waals surface area (Å²) in [7, 11) is 0. The Kier molecular flexibility index (Phi) is 5.15. The highest BCUT2D eigenvalue weighted by atomic mass is 19.4. The first kappa shape index (κ1) is 17.9. The SMILES string of the molecule is CCn1cc(CCN2C[C@@H](O)C[C@@H]2c2ccccc2C(F)(F)F)cn1. The van der Waals surface area contributed by atoms with Crippen molar-refractivity contribution in [3.05, 3.63) is 53.3 Å². The minimum Gasteiger partial charge on any atom is -0.392 e. The molecule has 0 saturated carbocycles. The number of rotatable bonds is 5. The molecule has 1 saturated heterocycles. The predicted octanol–water partition coefficient (Wildman–Crippen LogP) is 3.27. The first-order valence-electron chi connectivity index (χ1n) is 8.48. The number of aromatic nitrogens is 2. The minimum atomic E-state index is -4.39. The highest BCUT2D eigenvalue weighted by molar-refractivity contribution is 5.33. The quantitative estimate of drug-likeness (QED) is 0.897. The maximum atomic E-state index is 13.3. The van der Waals surface area contributed by atoms with Gasteiger partial charge >= 0.3 is 6.18 Å². The Hall–Kier alpha value is -1.86. The van der Waals surface area contributed by atoms with Crippen molar-refractivity contribution >= 4 is 0 Å². The van der Waals surface area contributed by atoms with Crippen molar-refractivity contribution < 1.29 is 18.3 Å². The molecule has 1 aromatic carbocycles. The molecule has 0 bridgehead atoms. The average Bonchev–Trinajstić information content (AvgIpc) is 3.18. The summed E-state index contributed by atoms with van der Waals surface area (Å²) in [5.74, 6) is 0. The van der Waals surface area contributed by atoms with Crippen LogP contribution in [0.1, 0.15) is 36.1 Å². The molecule has 1 N–H and O–H groups in total. The number of aliphatic hydroxyl groups excluding tert-OH is 1. The van der Waals surface area contributed by atoms with Gasteiger partial charge in [0, 0.05) is 31.9 Å². The van der Waals surface area contributed by atoms with Gasteiger partial charge in [-0.05, 0) is 37.0 Å². The van der Waals surface area contributed by atoms with Crippen LogP contribution in [0.4, 0.5) is 13.2 Å². The van der Waals surface area contributed by atoms with Crippen LogP contribution in [-0.4, -0.2) is 39.0 Å². The molecule has 7 heteroatoms. The van der Waals surface area contributed by atoms with E-state index in [0.29, 0.717) is 25.9 Å². The molecule has 2 heterocycles. The standard InChI is InChI=1S/C18H22F3N3O/c1-2-24-11-13(10-22-24)7-8-23-12-14(25)9-17(23)15-5-3-4-6-16(15)18(19,20)21/h3-6,10-11,14,17,25H,2,7-9,12H2,1H3/t14-,17+/m0/s1. The third kappa shape index (κ3) is 4.04. The van der Waals surface area contributed by atoms with E-state index < -0.39 is 23.9 Å². The lowest BCUT2D eigenvalue weighted by molar-refractivity contribution is -0.138. The van der Waals surface area contributed by atoms with E-state index in [0.717, 1.165) is 18.2 Å². The van der Waals surface area contributed by atoms with Crippen molar-refractivity contribution in [3.8, 4) is 0 Å². The number of likely N-dealkylation sites (tertiary alicyclic amines) is 1. The van der Waals surface area contributed by atoms with Gasteiger partial charge in [-0.25, -0.2) is 0 Å². The van der Waals surface area contributed by atoms with E-state index in [2.05, 4.69) is 5.10 Å². The monoisotopic (exact) mass is 353 g/mol. The van der Waals surface area contributed by atoms with E-state index >= 15 is 0 Å². The van der Waals surface area contributed by atoms with E-state index in [1.165, 1.54) is 12.1 Å². The normalized spacial score (nSPS) is 21.8. The van der Waals surface area contributed by atoms with Crippen molar-refractivity contribution in [2.24, 2.45) is 0 Å². The maximum Gasteiger partial charge on any atom is 0.416 e. The maximum absolute atomic E-state index is 13.3. The molecule has 2 aromatic rings. The zero-order valence-corrected chi connectivity index (χ0v) is 14.1. The second-order valence-corrected chi connectivity index (χ2v) is 6.44. The summed E-state index contributed by atoms with van der Waals surface area (Å²) in [6, 6.07) is 5.24. The second kappa shape index (κ2) is 7.17. The van der Waals surface area contributed by atoms with Gasteiger partial charge in [0.25, 0.3) is 0 Å². The Bertz CT molecular complexity index is 714. The third-order valence-corrected chi connectivity index (χ3v) is 4.70. The molecule has 0 radical (unpaired) electrons. The number of hydrogen-bond acceptors (Lipinski definition) is 3. The van der Waals surface area contributed by atoms with Crippen molar-refractivity contribution in [2.45, 2.75) is 44.6 Å². The molecule has 1 fully saturated rings. The smallest absolute Gasteiger partial charge is 0.392 e. The van der Waals surface area contributed by atoms with Crippen LogP contribution in [0.2, 0.25) is 0 Å². The Balaban J connectivity index is 1.78. The highest BCUT2D eigenvalue weighted by Gasteiger charge is 2.39. The van der Waals surface area contributed by atoms with Gasteiger partial charge in [0.2, 0.25) is 0 Å². The van der Waals surface area contributed by atoms with Gasteiger partial charge < -0.3 is 5.11 Å². The van der Waals surface area contributed by atoms with E-state index in [-0.39, 0.29) is 5.56 Å². The van der Waals surface area contributed by atoms with Gasteiger partial charge in [-0.15, -0.1) is 0 Å². The lowest BCUT2D eigenvalue weighted by Gasteiger charge is -2.26. The third-order valence-electron chi connectivity index (χ3n) is 4.70. The summed E-state index contributed by atoms with van der Waals surface area (Å²) in [5.41, 5.74) is 0.680. The number of β-amino-alcohol motifs (C(OH)–C–C–N with tert-alkyl or cyclic N) is 1. The lowest BCUT2D eigenvalue weighted by Crippen LogP contribution is -2.28. The van der Waals surface area contributed by atoms with Gasteiger partial charge in [-0.1, -0.05) is 18.2 Å². The van der Waals surface area contributed by atoms with Gasteiger partial charge in [0.05, 0.1) is 17.9 Å². The molecule has 1 aliphatic rings. The van der Waals surface area contributed by atoms with E-state index in [4.69, 9.17) is 0 Å². The summed E-state index contributed by atoms with van der Waals surface area (Å²) >= 11 is 0. The topological polar surface area (TPSA) is 41.3 Å². The molecule has 3 rings (SSSR count). The Morgan fingerprint density at radius 1 is 1.28 bits per heavy atom. The van der Waals surface area contributed by atoms with E-state index in [1.54, 1.807) is 12.3 Å². The van der Waals surface area contributed by atoms with Crippen LogP contribution in [0.5, 0.6) is 0 Å². The summed E-state index contributed by atoms with van der Waals surface area (Å²) in [6.45, 7) is 3.75. The number of aliphatic hydroxyl groups is 1. The van der Waals surface area contributed by atoms with Crippen LogP contribution in [-0.2, 0) is 19.1 Å². The van der Waals surface area contributed by atoms with E-state index in [1.807, 2.05) is 22.7 Å². The zero-order valence-electron chi connectivity index (χ0n) is 14.1. The number of hydrogen-bond donors (Lipinski definition) is 1. The molecular weight excluding hydrogens is 331 g/mol. The molecule has 25 heavy (non-hydrogen) atoms. The fourth-order valence-electron chi connectivity index (χ4n) is 3.48. The molecule has 136 valence electrons. The van der Waals surface area contributed by atoms with Crippen LogP contribution in [0.3, 0.4) is 0 Å². The van der Waals surface area contributed by atoms with Gasteiger partial charge in [0.15, 0.2) is 0 Å². The van der Waals surface area contributed by atoms with Gasteiger partial charge in [-0.2, -0.15) is 18.3 Å². The van der Waals surface area contributed by atoms with Crippen molar-refractivity contribution in [1.29, 1.82) is 0 Å². The first-order valence-corrected chi connectivity index (χ1v) is 8.48. The molecule has 4 nitrogen and oxygen atoms in total. The molecule has 2 atom stereocenters. The predicted molar refractivity (Wildman–Crippen MR) is 88.0 cm³/mol. The molecule has 0 spiro atoms. The molecule has 0 amide bonds. The Morgan fingerprint density at radius 2 is 2.04 bits per heavy atom. The van der Waals surface area contributed by atoms with Crippen LogP contribution >= 0.6 is 0 Å². The number of alkyl halides is 3. The Labute approximate surface area is 144 Å². The van der Waals surface area contributed by atoms with E-state index in [9.17, 15) is 18.3 Å². The number of nitrogens with zero attached hydrogens (tertiary/aromatic N) is 3. The van der Waals surface area contributed by atoms with Crippen LogP contribution in [0.25, 0.3) is 0 Å². The number of halogens is 3. The fraction of sp³-hybridized carbons (Fsp3) is 0.500. The fourth-order valence-corrected chi connectivity index (χ4v) is 3.48. The zero-order chi connectivity index (χ0) is 18.0. The number of aryl methyl sites for hydroxylation is 1. The summed E-state index contributed by atoms with van der Waals surface area (Å²) < 4.78 is 41.8. The summed E-state index contributed by atoms with van der Waals surface area (Å²) in [5, 5.41) is 14.2. The summed E-state index contributed by atoms with van der Waals surface area (Å²) in [4.78, 5) is 1.94.